The summed E-state index contributed by atoms with van der Waals surface area (Å²) in [6, 6.07) is 10.4. The summed E-state index contributed by atoms with van der Waals surface area (Å²) < 4.78 is 0. The lowest BCUT2D eigenvalue weighted by atomic mass is 9.74. The van der Waals surface area contributed by atoms with E-state index in [0.29, 0.717) is 5.75 Å². The highest BCUT2D eigenvalue weighted by Crippen LogP contribution is 2.42. The number of rotatable bonds is 4. The molecule has 2 aromatic heterocycles. The standard InChI is InChI=1S/C17H22OS.C5H6S.CH4/c1-5-17(6-2,16-9-12(3)11-19-16)14-7-8-15(18)13(4)10-14;1-5-2-3-6-4-5;/h7-11,18H,5-6H2,1-4H3;2-4H,1H3;1H4. The van der Waals surface area contributed by atoms with Crippen LogP contribution < -0.4 is 0 Å². The van der Waals surface area contributed by atoms with Crippen molar-refractivity contribution < 1.29 is 5.11 Å². The van der Waals surface area contributed by atoms with Crippen molar-refractivity contribution in [3.63, 3.8) is 0 Å². The molecule has 0 amide bonds. The van der Waals surface area contributed by atoms with E-state index in [2.05, 4.69) is 68.1 Å². The number of hydrogen-bond acceptors (Lipinski definition) is 3. The van der Waals surface area contributed by atoms with Crippen LogP contribution in [-0.2, 0) is 5.41 Å². The Morgan fingerprint density at radius 1 is 0.923 bits per heavy atom. The van der Waals surface area contributed by atoms with Gasteiger partial charge in [-0.05, 0) is 90.2 Å². The first-order chi connectivity index (χ1) is 11.9. The van der Waals surface area contributed by atoms with E-state index in [9.17, 15) is 5.11 Å². The van der Waals surface area contributed by atoms with Crippen molar-refractivity contribution in [2.45, 2.75) is 60.3 Å². The molecule has 3 rings (SSSR count). The van der Waals surface area contributed by atoms with Gasteiger partial charge in [0.2, 0.25) is 0 Å². The van der Waals surface area contributed by atoms with Crippen molar-refractivity contribution in [1.82, 2.24) is 0 Å². The molecule has 0 unspecified atom stereocenters. The summed E-state index contributed by atoms with van der Waals surface area (Å²) in [5.74, 6) is 0.382. The fraction of sp³-hybridized carbons (Fsp3) is 0.391. The largest absolute Gasteiger partial charge is 0.508 e. The van der Waals surface area contributed by atoms with Crippen LogP contribution in [0.3, 0.4) is 0 Å². The van der Waals surface area contributed by atoms with Crippen molar-refractivity contribution in [2.24, 2.45) is 0 Å². The Bertz CT molecular complexity index is 780. The number of phenols is 1. The molecular formula is C23H32OS2. The Kier molecular flexibility index (Phi) is 8.58. The number of hydrogen-bond donors (Lipinski definition) is 1. The molecule has 0 aliphatic carbocycles. The van der Waals surface area contributed by atoms with Crippen LogP contribution in [-0.4, -0.2) is 5.11 Å². The van der Waals surface area contributed by atoms with Crippen LogP contribution in [0.25, 0.3) is 0 Å². The summed E-state index contributed by atoms with van der Waals surface area (Å²) >= 11 is 3.59. The number of aromatic hydroxyl groups is 1. The van der Waals surface area contributed by atoms with Gasteiger partial charge in [0.1, 0.15) is 5.75 Å². The second-order valence-electron chi connectivity index (χ2n) is 6.58. The van der Waals surface area contributed by atoms with E-state index in [4.69, 9.17) is 0 Å². The van der Waals surface area contributed by atoms with Crippen LogP contribution in [0, 0.1) is 20.8 Å². The second kappa shape index (κ2) is 9.94. The van der Waals surface area contributed by atoms with E-state index >= 15 is 0 Å². The Balaban J connectivity index is 0.000000410. The first kappa shape index (κ1) is 22.5. The van der Waals surface area contributed by atoms with E-state index in [1.807, 2.05) is 24.3 Å². The minimum Gasteiger partial charge on any atom is -0.508 e. The average Bonchev–Trinajstić information content (AvgIpc) is 3.25. The maximum atomic E-state index is 9.73. The van der Waals surface area contributed by atoms with Crippen molar-refractivity contribution in [1.29, 1.82) is 0 Å². The molecule has 142 valence electrons. The van der Waals surface area contributed by atoms with Gasteiger partial charge in [0.15, 0.2) is 0 Å². The molecule has 1 aromatic carbocycles. The van der Waals surface area contributed by atoms with Crippen molar-refractivity contribution >= 4 is 22.7 Å². The van der Waals surface area contributed by atoms with Gasteiger partial charge >= 0.3 is 0 Å². The minimum absolute atomic E-state index is 0. The van der Waals surface area contributed by atoms with Crippen LogP contribution in [0.5, 0.6) is 5.75 Å². The van der Waals surface area contributed by atoms with E-state index < -0.39 is 0 Å². The Hall–Kier alpha value is -1.58. The lowest BCUT2D eigenvalue weighted by Gasteiger charge is -2.32. The number of aryl methyl sites for hydroxylation is 3. The smallest absolute Gasteiger partial charge is 0.118 e. The zero-order valence-electron chi connectivity index (χ0n) is 15.8. The molecule has 3 heteroatoms. The summed E-state index contributed by atoms with van der Waals surface area (Å²) in [5, 5.41) is 16.2. The second-order valence-corrected chi connectivity index (χ2v) is 8.27. The third kappa shape index (κ3) is 4.99. The number of benzene rings is 1. The zero-order valence-corrected chi connectivity index (χ0v) is 17.4. The SMILES string of the molecule is C.CCC(CC)(c1ccc(O)c(C)c1)c1cc(C)cs1.Cc1ccsc1. The van der Waals surface area contributed by atoms with E-state index in [1.165, 1.54) is 21.6 Å². The lowest BCUT2D eigenvalue weighted by Crippen LogP contribution is -2.24. The van der Waals surface area contributed by atoms with Crippen molar-refractivity contribution in [2.75, 3.05) is 0 Å². The summed E-state index contributed by atoms with van der Waals surface area (Å²) in [6.07, 6.45) is 2.15. The molecule has 2 heterocycles. The summed E-state index contributed by atoms with van der Waals surface area (Å²) in [7, 11) is 0. The molecule has 0 aliphatic heterocycles. The molecule has 0 saturated heterocycles. The zero-order chi connectivity index (χ0) is 18.4. The fourth-order valence-electron chi connectivity index (χ4n) is 3.12. The third-order valence-electron chi connectivity index (χ3n) is 4.82. The van der Waals surface area contributed by atoms with E-state index in [-0.39, 0.29) is 12.8 Å². The molecule has 1 nitrogen and oxygen atoms in total. The van der Waals surface area contributed by atoms with Crippen LogP contribution in [0.15, 0.2) is 46.5 Å². The van der Waals surface area contributed by atoms with Gasteiger partial charge in [-0.25, -0.2) is 0 Å². The molecule has 0 aliphatic rings. The molecule has 0 atom stereocenters. The van der Waals surface area contributed by atoms with Gasteiger partial charge < -0.3 is 5.11 Å². The highest BCUT2D eigenvalue weighted by atomic mass is 32.1. The highest BCUT2D eigenvalue weighted by Gasteiger charge is 2.32. The molecular weight excluding hydrogens is 356 g/mol. The van der Waals surface area contributed by atoms with Crippen LogP contribution in [0.2, 0.25) is 0 Å². The molecule has 0 saturated carbocycles. The molecule has 0 fully saturated rings. The van der Waals surface area contributed by atoms with Crippen molar-refractivity contribution in [3.8, 4) is 5.75 Å². The molecule has 26 heavy (non-hydrogen) atoms. The monoisotopic (exact) mass is 388 g/mol. The van der Waals surface area contributed by atoms with Gasteiger partial charge in [0.25, 0.3) is 0 Å². The quantitative estimate of drug-likeness (QED) is 0.482. The normalized spacial score (nSPS) is 10.7. The topological polar surface area (TPSA) is 20.2 Å². The van der Waals surface area contributed by atoms with Gasteiger partial charge in [0.05, 0.1) is 0 Å². The van der Waals surface area contributed by atoms with E-state index in [1.54, 1.807) is 11.3 Å². The van der Waals surface area contributed by atoms with Crippen LogP contribution >= 0.6 is 22.7 Å². The van der Waals surface area contributed by atoms with Gasteiger partial charge in [-0.15, -0.1) is 11.3 Å². The summed E-state index contributed by atoms with van der Waals surface area (Å²) in [6.45, 7) is 10.7. The van der Waals surface area contributed by atoms with Gasteiger partial charge in [0, 0.05) is 10.3 Å². The average molecular weight is 389 g/mol. The molecule has 1 N–H and O–H groups in total. The first-order valence-corrected chi connectivity index (χ1v) is 10.6. The van der Waals surface area contributed by atoms with Crippen LogP contribution in [0.4, 0.5) is 0 Å². The minimum atomic E-state index is 0. The Morgan fingerprint density at radius 3 is 2.00 bits per heavy atom. The lowest BCUT2D eigenvalue weighted by molar-refractivity contribution is 0.464. The third-order valence-corrected chi connectivity index (χ3v) is 6.88. The van der Waals surface area contributed by atoms with Crippen molar-refractivity contribution in [3.05, 3.63) is 73.6 Å². The summed E-state index contributed by atoms with van der Waals surface area (Å²) in [4.78, 5) is 1.43. The predicted molar refractivity (Wildman–Crippen MR) is 119 cm³/mol. The summed E-state index contributed by atoms with van der Waals surface area (Å²) in [5.41, 5.74) is 5.05. The Labute approximate surface area is 167 Å². The maximum Gasteiger partial charge on any atom is 0.118 e. The maximum absolute atomic E-state index is 9.73. The number of thiophene rings is 2. The molecule has 0 radical (unpaired) electrons. The first-order valence-electron chi connectivity index (χ1n) is 8.77. The fourth-order valence-corrected chi connectivity index (χ4v) is 5.05. The van der Waals surface area contributed by atoms with Gasteiger partial charge in [-0.3, -0.25) is 0 Å². The predicted octanol–water partition coefficient (Wildman–Crippen LogP) is 7.87. The van der Waals surface area contributed by atoms with Crippen LogP contribution in [0.1, 0.15) is 61.2 Å². The Morgan fingerprint density at radius 2 is 1.62 bits per heavy atom. The molecule has 0 spiro atoms. The van der Waals surface area contributed by atoms with Gasteiger partial charge in [-0.2, -0.15) is 11.3 Å². The van der Waals surface area contributed by atoms with E-state index in [0.717, 1.165) is 18.4 Å². The van der Waals surface area contributed by atoms with Gasteiger partial charge in [-0.1, -0.05) is 33.4 Å². The number of phenolic OH excluding ortho intramolecular Hbond substituents is 1. The highest BCUT2D eigenvalue weighted by molar-refractivity contribution is 7.10. The molecule has 3 aromatic rings. The molecule has 0 bridgehead atoms.